The maximum Gasteiger partial charge on any atom is 0.343 e. The van der Waals surface area contributed by atoms with Crippen LogP contribution in [0.25, 0.3) is 0 Å². The first-order valence-corrected chi connectivity index (χ1v) is 12.2. The number of nitrogens with zero attached hydrogens (tertiary/aromatic N) is 1. The number of esters is 1. The van der Waals surface area contributed by atoms with Crippen LogP contribution >= 0.6 is 0 Å². The summed E-state index contributed by atoms with van der Waals surface area (Å²) in [6, 6.07) is 30.3. The minimum Gasteiger partial charge on any atom is -0.497 e. The number of ether oxygens (including phenoxy) is 4. The molecule has 0 bridgehead atoms. The summed E-state index contributed by atoms with van der Waals surface area (Å²) in [4.78, 5) is 24.8. The van der Waals surface area contributed by atoms with Crippen molar-refractivity contribution in [1.29, 1.82) is 0 Å². The van der Waals surface area contributed by atoms with Crippen molar-refractivity contribution in [2.45, 2.75) is 19.6 Å². The number of carbonyl (C=O) groups is 2. The maximum atomic E-state index is 12.4. The van der Waals surface area contributed by atoms with Gasteiger partial charge in [0, 0.05) is 0 Å². The van der Waals surface area contributed by atoms with Crippen molar-refractivity contribution in [3.8, 4) is 23.0 Å². The van der Waals surface area contributed by atoms with Gasteiger partial charge in [-0.15, -0.1) is 0 Å². The molecule has 1 amide bonds. The summed E-state index contributed by atoms with van der Waals surface area (Å²) in [6.45, 7) is 2.09. The van der Waals surface area contributed by atoms with Gasteiger partial charge in [0.1, 0.15) is 29.6 Å². The molecular formula is C31H28N2O6. The van der Waals surface area contributed by atoms with Crippen molar-refractivity contribution in [3.63, 3.8) is 0 Å². The zero-order valence-corrected chi connectivity index (χ0v) is 21.6. The number of nitrogens with one attached hydrogen (secondary N) is 1. The van der Waals surface area contributed by atoms with E-state index in [1.807, 2.05) is 30.3 Å². The van der Waals surface area contributed by atoms with E-state index in [1.165, 1.54) is 6.21 Å². The van der Waals surface area contributed by atoms with Gasteiger partial charge in [0.15, 0.2) is 6.10 Å². The Balaban J connectivity index is 1.24. The molecule has 0 heterocycles. The Labute approximate surface area is 226 Å². The van der Waals surface area contributed by atoms with Crippen LogP contribution in [0, 0.1) is 0 Å². The van der Waals surface area contributed by atoms with Crippen molar-refractivity contribution in [2.24, 2.45) is 5.10 Å². The number of rotatable bonds is 11. The zero-order chi connectivity index (χ0) is 27.5. The number of hydrogen-bond acceptors (Lipinski definition) is 7. The number of hydrogen-bond donors (Lipinski definition) is 1. The predicted octanol–water partition coefficient (Wildman–Crippen LogP) is 5.41. The largest absolute Gasteiger partial charge is 0.497 e. The minimum absolute atomic E-state index is 0.346. The molecule has 0 unspecified atom stereocenters. The van der Waals surface area contributed by atoms with Gasteiger partial charge in [-0.25, -0.2) is 10.2 Å². The van der Waals surface area contributed by atoms with Crippen molar-refractivity contribution in [3.05, 3.63) is 120 Å². The summed E-state index contributed by atoms with van der Waals surface area (Å²) in [7, 11) is 1.55. The summed E-state index contributed by atoms with van der Waals surface area (Å²) in [5, 5.41) is 3.99. The molecule has 4 aromatic carbocycles. The fraction of sp³-hybridized carbons (Fsp3) is 0.129. The van der Waals surface area contributed by atoms with E-state index in [2.05, 4.69) is 10.5 Å². The van der Waals surface area contributed by atoms with Gasteiger partial charge in [-0.1, -0.05) is 42.5 Å². The molecular weight excluding hydrogens is 496 g/mol. The van der Waals surface area contributed by atoms with Crippen molar-refractivity contribution >= 4 is 18.1 Å². The first-order valence-electron chi connectivity index (χ1n) is 12.2. The Hall–Kier alpha value is -5.11. The highest BCUT2D eigenvalue weighted by molar-refractivity contribution is 5.91. The lowest BCUT2D eigenvalue weighted by Gasteiger charge is -2.13. The van der Waals surface area contributed by atoms with Crippen LogP contribution in [0.4, 0.5) is 0 Å². The third-order valence-corrected chi connectivity index (χ3v) is 5.54. The molecule has 39 heavy (non-hydrogen) atoms. The van der Waals surface area contributed by atoms with Crippen LogP contribution < -0.4 is 24.4 Å². The van der Waals surface area contributed by atoms with Gasteiger partial charge in [0.25, 0.3) is 5.91 Å². The summed E-state index contributed by atoms with van der Waals surface area (Å²) >= 11 is 0. The molecule has 0 aliphatic rings. The number of hydrazone groups is 1. The molecule has 1 N–H and O–H groups in total. The highest BCUT2D eigenvalue weighted by Crippen LogP contribution is 2.20. The van der Waals surface area contributed by atoms with Crippen molar-refractivity contribution < 1.29 is 28.5 Å². The minimum atomic E-state index is -0.782. The third-order valence-electron chi connectivity index (χ3n) is 5.54. The van der Waals surface area contributed by atoms with E-state index < -0.39 is 18.0 Å². The summed E-state index contributed by atoms with van der Waals surface area (Å²) < 4.78 is 22.0. The second-order valence-electron chi connectivity index (χ2n) is 8.43. The Kier molecular flexibility index (Phi) is 9.28. The van der Waals surface area contributed by atoms with E-state index in [1.54, 1.807) is 86.8 Å². The van der Waals surface area contributed by atoms with Crippen molar-refractivity contribution in [2.75, 3.05) is 7.11 Å². The first-order chi connectivity index (χ1) is 19.0. The lowest BCUT2D eigenvalue weighted by atomic mass is 10.2. The zero-order valence-electron chi connectivity index (χ0n) is 21.6. The normalized spacial score (nSPS) is 11.4. The molecule has 198 valence electrons. The molecule has 4 rings (SSSR count). The summed E-state index contributed by atoms with van der Waals surface area (Å²) in [5.41, 5.74) is 4.56. The highest BCUT2D eigenvalue weighted by Gasteiger charge is 2.14. The summed E-state index contributed by atoms with van der Waals surface area (Å²) in [5.74, 6) is 1.30. The Morgan fingerprint density at radius 1 is 0.821 bits per heavy atom. The van der Waals surface area contributed by atoms with Crippen LogP contribution in [-0.2, 0) is 11.4 Å². The Morgan fingerprint density at radius 3 is 2.23 bits per heavy atom. The lowest BCUT2D eigenvalue weighted by Crippen LogP contribution is -2.33. The molecule has 1 atom stereocenters. The van der Waals surface area contributed by atoms with Gasteiger partial charge in [-0.2, -0.15) is 5.10 Å². The standard InChI is InChI=1S/C31H28N2O6/c1-22(38-28-17-15-27(16-18-28)37-21-23-7-4-3-5-8-23)30(34)33-32-20-24-9-6-10-29(19-24)39-31(35)25-11-13-26(36-2)14-12-25/h3-20,22H,21H2,1-2H3,(H,33,34)/b32-20-/t22-/m1/s1. The quantitative estimate of drug-likeness (QED) is 0.122. The van der Waals surface area contributed by atoms with Crippen molar-refractivity contribution in [1.82, 2.24) is 5.43 Å². The molecule has 0 aromatic heterocycles. The SMILES string of the molecule is COc1ccc(C(=O)Oc2cccc(/C=N\NC(=O)[C@@H](C)Oc3ccc(OCc4ccccc4)cc3)c2)cc1. The number of carbonyl (C=O) groups excluding carboxylic acids is 2. The van der Waals surface area contributed by atoms with Crippen LogP contribution in [0.1, 0.15) is 28.4 Å². The Morgan fingerprint density at radius 2 is 1.51 bits per heavy atom. The van der Waals surface area contributed by atoms with E-state index in [9.17, 15) is 9.59 Å². The van der Waals surface area contributed by atoms with Crippen LogP contribution in [0.3, 0.4) is 0 Å². The van der Waals surface area contributed by atoms with E-state index in [0.717, 1.165) is 5.56 Å². The topological polar surface area (TPSA) is 95.5 Å². The average Bonchev–Trinajstić information content (AvgIpc) is 2.97. The van der Waals surface area contributed by atoms with Gasteiger partial charge in [0.2, 0.25) is 0 Å². The van der Waals surface area contributed by atoms with Crippen LogP contribution in [0.15, 0.2) is 108 Å². The molecule has 0 spiro atoms. The van der Waals surface area contributed by atoms with Gasteiger partial charge in [0.05, 0.1) is 18.9 Å². The van der Waals surface area contributed by atoms with E-state index >= 15 is 0 Å². The van der Waals surface area contributed by atoms with E-state index in [-0.39, 0.29) is 0 Å². The number of benzene rings is 4. The van der Waals surface area contributed by atoms with Gasteiger partial charge in [-0.05, 0) is 78.7 Å². The molecule has 0 aliphatic carbocycles. The average molecular weight is 525 g/mol. The summed E-state index contributed by atoms with van der Waals surface area (Å²) in [6.07, 6.45) is 0.670. The molecule has 0 aliphatic heterocycles. The monoisotopic (exact) mass is 524 g/mol. The molecule has 0 saturated heterocycles. The molecule has 4 aromatic rings. The highest BCUT2D eigenvalue weighted by atomic mass is 16.5. The van der Waals surface area contributed by atoms with Crippen LogP contribution in [-0.4, -0.2) is 31.3 Å². The molecule has 8 nitrogen and oxygen atoms in total. The second kappa shape index (κ2) is 13.4. The van der Waals surface area contributed by atoms with E-state index in [0.29, 0.717) is 40.7 Å². The number of methoxy groups -OCH3 is 1. The molecule has 0 fully saturated rings. The van der Waals surface area contributed by atoms with Gasteiger partial charge in [-0.3, -0.25) is 4.79 Å². The molecule has 8 heteroatoms. The number of amides is 1. The van der Waals surface area contributed by atoms with Crippen LogP contribution in [0.2, 0.25) is 0 Å². The molecule has 0 radical (unpaired) electrons. The fourth-order valence-electron chi connectivity index (χ4n) is 3.43. The second-order valence-corrected chi connectivity index (χ2v) is 8.43. The predicted molar refractivity (Wildman–Crippen MR) is 147 cm³/mol. The van der Waals surface area contributed by atoms with E-state index in [4.69, 9.17) is 18.9 Å². The first kappa shape index (κ1) is 26.9. The molecule has 0 saturated carbocycles. The van der Waals surface area contributed by atoms with Gasteiger partial charge < -0.3 is 18.9 Å². The fourth-order valence-corrected chi connectivity index (χ4v) is 3.43. The smallest absolute Gasteiger partial charge is 0.343 e. The van der Waals surface area contributed by atoms with Crippen LogP contribution in [0.5, 0.6) is 23.0 Å². The third kappa shape index (κ3) is 8.19. The Bertz CT molecular complexity index is 1400. The maximum absolute atomic E-state index is 12.4. The van der Waals surface area contributed by atoms with Gasteiger partial charge >= 0.3 is 5.97 Å². The lowest BCUT2D eigenvalue weighted by molar-refractivity contribution is -0.127.